The largest absolute Gasteiger partial charge is 0.480 e. The van der Waals surface area contributed by atoms with Crippen molar-refractivity contribution in [2.24, 2.45) is 11.5 Å². The molecule has 0 aliphatic rings. The van der Waals surface area contributed by atoms with E-state index in [0.29, 0.717) is 19.4 Å². The van der Waals surface area contributed by atoms with E-state index < -0.39 is 61.1 Å². The molecule has 0 rings (SSSR count). The zero-order valence-corrected chi connectivity index (χ0v) is 15.2. The van der Waals surface area contributed by atoms with Crippen LogP contribution in [0, 0.1) is 0 Å². The Morgan fingerprint density at radius 1 is 1.00 bits per heavy atom. The van der Waals surface area contributed by atoms with Gasteiger partial charge in [-0.1, -0.05) is 0 Å². The van der Waals surface area contributed by atoms with Crippen LogP contribution < -0.4 is 27.4 Å². The van der Waals surface area contributed by atoms with Crippen LogP contribution in [0.15, 0.2) is 0 Å². The molecule has 0 aromatic carbocycles. The SMILES string of the molecule is CC(O)C(N)C(=O)NC(CCCCN)C(=O)NC(CO)C(=O)NCC(=O)O. The highest BCUT2D eigenvalue weighted by atomic mass is 16.4. The molecule has 0 spiro atoms. The van der Waals surface area contributed by atoms with Crippen LogP contribution in [-0.4, -0.2) is 82.9 Å². The number of carbonyl (C=O) groups excluding carboxylic acids is 3. The van der Waals surface area contributed by atoms with Crippen LogP contribution >= 0.6 is 0 Å². The molecule has 10 N–H and O–H groups in total. The standard InChI is InChI=1S/C15H29N5O7/c1-8(22)12(17)15(27)19-9(4-2-3-5-16)14(26)20-10(7-21)13(25)18-6-11(23)24/h8-10,12,21-22H,2-7,16-17H2,1H3,(H,18,25)(H,19,27)(H,20,26)(H,23,24). The van der Waals surface area contributed by atoms with Crippen LogP contribution in [0.25, 0.3) is 0 Å². The van der Waals surface area contributed by atoms with Gasteiger partial charge in [0, 0.05) is 0 Å². The maximum absolute atomic E-state index is 12.4. The van der Waals surface area contributed by atoms with Crippen molar-refractivity contribution < 1.29 is 34.5 Å². The summed E-state index contributed by atoms with van der Waals surface area (Å²) in [5.74, 6) is -3.69. The molecule has 0 fully saturated rings. The highest BCUT2D eigenvalue weighted by Crippen LogP contribution is 2.03. The summed E-state index contributed by atoms with van der Waals surface area (Å²) < 4.78 is 0. The molecule has 4 atom stereocenters. The molecule has 0 aliphatic carbocycles. The van der Waals surface area contributed by atoms with Gasteiger partial charge in [0.2, 0.25) is 17.7 Å². The number of hydrogen-bond acceptors (Lipinski definition) is 8. The molecule has 0 aliphatic heterocycles. The molecule has 4 unspecified atom stereocenters. The highest BCUT2D eigenvalue weighted by Gasteiger charge is 2.28. The molecule has 27 heavy (non-hydrogen) atoms. The van der Waals surface area contributed by atoms with Crippen LogP contribution in [0.1, 0.15) is 26.2 Å². The molecule has 3 amide bonds. The van der Waals surface area contributed by atoms with Crippen molar-refractivity contribution in [3.05, 3.63) is 0 Å². The lowest BCUT2D eigenvalue weighted by atomic mass is 10.1. The first-order valence-electron chi connectivity index (χ1n) is 8.48. The summed E-state index contributed by atoms with van der Waals surface area (Å²) in [5, 5.41) is 33.9. The minimum absolute atomic E-state index is 0.191. The average molecular weight is 391 g/mol. The third-order valence-corrected chi connectivity index (χ3v) is 3.63. The summed E-state index contributed by atoms with van der Waals surface area (Å²) in [6.07, 6.45) is 0.138. The van der Waals surface area contributed by atoms with Crippen LogP contribution in [0.2, 0.25) is 0 Å². The normalized spacial score (nSPS) is 15.1. The topological polar surface area (TPSA) is 217 Å². The van der Waals surface area contributed by atoms with Gasteiger partial charge in [0.1, 0.15) is 24.7 Å². The predicted octanol–water partition coefficient (Wildman–Crippen LogP) is -4.01. The van der Waals surface area contributed by atoms with Crippen molar-refractivity contribution in [1.82, 2.24) is 16.0 Å². The van der Waals surface area contributed by atoms with E-state index in [-0.39, 0.29) is 6.42 Å². The fourth-order valence-electron chi connectivity index (χ4n) is 2.00. The van der Waals surface area contributed by atoms with Crippen molar-refractivity contribution in [3.8, 4) is 0 Å². The van der Waals surface area contributed by atoms with Gasteiger partial charge in [-0.15, -0.1) is 0 Å². The number of unbranched alkanes of at least 4 members (excludes halogenated alkanes) is 1. The molecule has 12 nitrogen and oxygen atoms in total. The minimum Gasteiger partial charge on any atom is -0.480 e. The van der Waals surface area contributed by atoms with E-state index in [9.17, 15) is 29.4 Å². The second-order valence-corrected chi connectivity index (χ2v) is 5.97. The third-order valence-electron chi connectivity index (χ3n) is 3.63. The van der Waals surface area contributed by atoms with Gasteiger partial charge in [-0.3, -0.25) is 19.2 Å². The molecule has 12 heteroatoms. The fourth-order valence-corrected chi connectivity index (χ4v) is 2.00. The summed E-state index contributed by atoms with van der Waals surface area (Å²) >= 11 is 0. The van der Waals surface area contributed by atoms with E-state index in [1.165, 1.54) is 6.92 Å². The van der Waals surface area contributed by atoms with E-state index in [1.807, 2.05) is 5.32 Å². The van der Waals surface area contributed by atoms with Crippen LogP contribution in [0.3, 0.4) is 0 Å². The van der Waals surface area contributed by atoms with Gasteiger partial charge >= 0.3 is 5.97 Å². The highest BCUT2D eigenvalue weighted by molar-refractivity contribution is 5.93. The van der Waals surface area contributed by atoms with E-state index in [0.717, 1.165) is 0 Å². The first-order chi connectivity index (χ1) is 12.6. The number of rotatable bonds is 13. The Bertz CT molecular complexity index is 515. The zero-order valence-electron chi connectivity index (χ0n) is 15.2. The molecule has 0 aromatic rings. The lowest BCUT2D eigenvalue weighted by molar-refractivity contribution is -0.139. The second-order valence-electron chi connectivity index (χ2n) is 5.97. The Balaban J connectivity index is 5.00. The number of hydrogen-bond donors (Lipinski definition) is 8. The molecular formula is C15H29N5O7. The number of carboxylic acid groups (broad SMARTS) is 1. The molecule has 0 aromatic heterocycles. The summed E-state index contributed by atoms with van der Waals surface area (Å²) in [6.45, 7) is 0.258. The Morgan fingerprint density at radius 2 is 1.59 bits per heavy atom. The van der Waals surface area contributed by atoms with E-state index >= 15 is 0 Å². The summed E-state index contributed by atoms with van der Waals surface area (Å²) in [5.41, 5.74) is 10.9. The van der Waals surface area contributed by atoms with Gasteiger partial charge in [-0.25, -0.2) is 0 Å². The fraction of sp³-hybridized carbons (Fsp3) is 0.733. The van der Waals surface area contributed by atoms with E-state index in [1.54, 1.807) is 0 Å². The predicted molar refractivity (Wildman–Crippen MR) is 94.2 cm³/mol. The number of carbonyl (C=O) groups is 4. The zero-order chi connectivity index (χ0) is 21.0. The van der Waals surface area contributed by atoms with Crippen LogP contribution in [0.4, 0.5) is 0 Å². The molecule has 0 heterocycles. The van der Waals surface area contributed by atoms with Crippen molar-refractivity contribution in [2.45, 2.75) is 50.4 Å². The summed E-state index contributed by atoms with van der Waals surface area (Å²) in [6, 6.07) is -3.71. The number of aliphatic hydroxyl groups is 2. The Morgan fingerprint density at radius 3 is 2.07 bits per heavy atom. The Labute approximate surface area is 156 Å². The van der Waals surface area contributed by atoms with Gasteiger partial charge in [0.15, 0.2) is 0 Å². The number of nitrogens with one attached hydrogen (secondary N) is 3. The molecule has 0 bridgehead atoms. The molecule has 0 saturated carbocycles. The minimum atomic E-state index is -1.39. The first kappa shape index (κ1) is 24.7. The van der Waals surface area contributed by atoms with Crippen molar-refractivity contribution in [1.29, 1.82) is 0 Å². The Hall–Kier alpha value is -2.28. The molecular weight excluding hydrogens is 362 g/mol. The number of aliphatic carboxylic acids is 1. The van der Waals surface area contributed by atoms with E-state index in [2.05, 4.69) is 10.6 Å². The number of aliphatic hydroxyl groups excluding tert-OH is 2. The maximum Gasteiger partial charge on any atom is 0.322 e. The van der Waals surface area contributed by atoms with Crippen molar-refractivity contribution >= 4 is 23.7 Å². The second kappa shape index (κ2) is 13.0. The van der Waals surface area contributed by atoms with Gasteiger partial charge in [-0.2, -0.15) is 0 Å². The average Bonchev–Trinajstić information content (AvgIpc) is 2.62. The lowest BCUT2D eigenvalue weighted by Gasteiger charge is -2.24. The maximum atomic E-state index is 12.4. The van der Waals surface area contributed by atoms with Crippen LogP contribution in [-0.2, 0) is 19.2 Å². The third kappa shape index (κ3) is 9.84. The van der Waals surface area contributed by atoms with Gasteiger partial charge in [-0.05, 0) is 32.7 Å². The molecule has 0 saturated heterocycles. The number of amides is 3. The number of nitrogens with two attached hydrogens (primary N) is 2. The van der Waals surface area contributed by atoms with Crippen molar-refractivity contribution in [3.63, 3.8) is 0 Å². The van der Waals surface area contributed by atoms with Crippen LogP contribution in [0.5, 0.6) is 0 Å². The number of carboxylic acids is 1. The Kier molecular flexibility index (Phi) is 11.9. The molecule has 0 radical (unpaired) electrons. The summed E-state index contributed by atoms with van der Waals surface area (Å²) in [4.78, 5) is 46.7. The van der Waals surface area contributed by atoms with Gasteiger partial charge in [0.05, 0.1) is 12.7 Å². The van der Waals surface area contributed by atoms with E-state index in [4.69, 9.17) is 16.6 Å². The smallest absolute Gasteiger partial charge is 0.322 e. The lowest BCUT2D eigenvalue weighted by Crippen LogP contribution is -2.58. The monoisotopic (exact) mass is 391 g/mol. The quantitative estimate of drug-likeness (QED) is 0.143. The summed E-state index contributed by atoms with van der Waals surface area (Å²) in [7, 11) is 0. The van der Waals surface area contributed by atoms with Crippen molar-refractivity contribution in [2.75, 3.05) is 19.7 Å². The van der Waals surface area contributed by atoms with Gasteiger partial charge < -0.3 is 42.7 Å². The first-order valence-corrected chi connectivity index (χ1v) is 8.48. The molecule has 156 valence electrons. The van der Waals surface area contributed by atoms with Gasteiger partial charge in [0.25, 0.3) is 0 Å².